The Hall–Kier alpha value is -3.51. The lowest BCUT2D eigenvalue weighted by atomic mass is 9.96. The Balaban J connectivity index is 1.13. The summed E-state index contributed by atoms with van der Waals surface area (Å²) in [5.41, 5.74) is 0.775. The van der Waals surface area contributed by atoms with Crippen LogP contribution in [0.25, 0.3) is 0 Å². The molecule has 5 heterocycles. The standard InChI is InChI=1S/C36H50N6O5S/c1-25-31-22-33(44)42(28-15-20-40(21-16-28)34(45)24-47-29-10-3-2-4-11-29)23-32(43)37-17-7-12-30(38-27-8-5-6-9-27)36(46)41-18-13-26(14-19-41)35(39-31)48-25/h2-4,10-11,26-28,30,38H,5-9,12-24H2,1H3,(H,37,43)/t30-/m0/s1. The van der Waals surface area contributed by atoms with Crippen molar-refractivity contribution in [3.63, 3.8) is 0 Å². The molecule has 48 heavy (non-hydrogen) atoms. The third kappa shape index (κ3) is 8.74. The van der Waals surface area contributed by atoms with Gasteiger partial charge in [0.1, 0.15) is 5.75 Å². The van der Waals surface area contributed by atoms with Crippen LogP contribution < -0.4 is 15.4 Å². The summed E-state index contributed by atoms with van der Waals surface area (Å²) < 4.78 is 5.67. The number of rotatable bonds is 6. The molecule has 4 aliphatic heterocycles. The zero-order valence-corrected chi connectivity index (χ0v) is 29.0. The number of likely N-dealkylation sites (tertiary alicyclic amines) is 1. The summed E-state index contributed by atoms with van der Waals surface area (Å²) in [5.74, 6) is 0.706. The van der Waals surface area contributed by atoms with Crippen LogP contribution in [0.1, 0.15) is 85.7 Å². The fourth-order valence-corrected chi connectivity index (χ4v) is 8.71. The third-order valence-electron chi connectivity index (χ3n) is 10.5. The lowest BCUT2D eigenvalue weighted by Crippen LogP contribution is -2.53. The van der Waals surface area contributed by atoms with Gasteiger partial charge < -0.3 is 30.1 Å². The maximum atomic E-state index is 13.9. The molecule has 11 nitrogen and oxygen atoms in total. The van der Waals surface area contributed by atoms with Gasteiger partial charge in [0.25, 0.3) is 5.91 Å². The summed E-state index contributed by atoms with van der Waals surface area (Å²) in [7, 11) is 0. The summed E-state index contributed by atoms with van der Waals surface area (Å²) in [4.78, 5) is 65.4. The molecule has 1 saturated carbocycles. The topological polar surface area (TPSA) is 124 Å². The molecule has 12 heteroatoms. The number of benzene rings is 1. The average molecular weight is 679 g/mol. The molecule has 2 N–H and O–H groups in total. The molecule has 1 aliphatic carbocycles. The number of carbonyl (C=O) groups excluding carboxylic acids is 4. The molecule has 4 bridgehead atoms. The van der Waals surface area contributed by atoms with Crippen LogP contribution in [0.15, 0.2) is 30.3 Å². The Bertz CT molecular complexity index is 1410. The number of piperidine rings is 2. The van der Waals surface area contributed by atoms with Crippen LogP contribution >= 0.6 is 11.3 Å². The van der Waals surface area contributed by atoms with Gasteiger partial charge in [-0.3, -0.25) is 19.2 Å². The summed E-state index contributed by atoms with van der Waals surface area (Å²) >= 11 is 1.65. The molecule has 3 fully saturated rings. The molecule has 0 unspecified atom stereocenters. The molecule has 2 saturated heterocycles. The Kier molecular flexibility index (Phi) is 11.6. The van der Waals surface area contributed by atoms with Gasteiger partial charge in [0.05, 0.1) is 29.7 Å². The first-order valence-electron chi connectivity index (χ1n) is 17.9. The number of hydrogen-bond donors (Lipinski definition) is 2. The van der Waals surface area contributed by atoms with Crippen LogP contribution in [0.4, 0.5) is 0 Å². The first kappa shape index (κ1) is 34.4. The minimum atomic E-state index is -0.252. The highest BCUT2D eigenvalue weighted by Crippen LogP contribution is 2.33. The van der Waals surface area contributed by atoms with Crippen LogP contribution in [0.5, 0.6) is 5.75 Å². The van der Waals surface area contributed by atoms with Crippen LogP contribution in [0, 0.1) is 6.92 Å². The van der Waals surface area contributed by atoms with Crippen LogP contribution in [-0.4, -0.2) is 107 Å². The van der Waals surface area contributed by atoms with E-state index in [2.05, 4.69) is 10.6 Å². The van der Waals surface area contributed by atoms with Crippen molar-refractivity contribution in [3.05, 3.63) is 45.9 Å². The van der Waals surface area contributed by atoms with E-state index in [1.165, 1.54) is 12.8 Å². The normalized spacial score (nSPS) is 24.0. The van der Waals surface area contributed by atoms with Gasteiger partial charge in [0.2, 0.25) is 17.7 Å². The minimum Gasteiger partial charge on any atom is -0.484 e. The highest BCUT2D eigenvalue weighted by Gasteiger charge is 2.34. The second-order valence-electron chi connectivity index (χ2n) is 13.8. The third-order valence-corrected chi connectivity index (χ3v) is 11.6. The number of hydrogen-bond acceptors (Lipinski definition) is 8. The van der Waals surface area contributed by atoms with Crippen molar-refractivity contribution in [2.75, 3.05) is 45.9 Å². The molecule has 4 amide bonds. The largest absolute Gasteiger partial charge is 0.484 e. The fraction of sp³-hybridized carbons (Fsp3) is 0.639. The SMILES string of the molecule is Cc1sc2nc1CC(=O)N(C1CCN(C(=O)COc3ccccc3)CC1)CC(=O)NCCC[C@H](NC1CCCC1)C(=O)N1CCC2CC1. The van der Waals surface area contributed by atoms with E-state index in [-0.39, 0.29) is 61.2 Å². The van der Waals surface area contributed by atoms with E-state index in [9.17, 15) is 19.2 Å². The molecule has 5 aliphatic rings. The van der Waals surface area contributed by atoms with Gasteiger partial charge in [-0.15, -0.1) is 11.3 Å². The molecule has 2 aromatic rings. The van der Waals surface area contributed by atoms with Crippen molar-refractivity contribution >= 4 is 35.0 Å². The van der Waals surface area contributed by atoms with Gasteiger partial charge in [-0.2, -0.15) is 0 Å². The first-order valence-corrected chi connectivity index (χ1v) is 18.7. The molecule has 1 aromatic heterocycles. The summed E-state index contributed by atoms with van der Waals surface area (Å²) in [6, 6.07) is 9.24. The van der Waals surface area contributed by atoms with E-state index in [4.69, 9.17) is 9.72 Å². The lowest BCUT2D eigenvalue weighted by Gasteiger charge is -2.38. The number of thiazole rings is 1. The summed E-state index contributed by atoms with van der Waals surface area (Å²) in [6.07, 6.45) is 9.01. The quantitative estimate of drug-likeness (QED) is 0.480. The first-order chi connectivity index (χ1) is 23.3. The number of aryl methyl sites for hydroxylation is 1. The van der Waals surface area contributed by atoms with E-state index in [0.29, 0.717) is 70.2 Å². The Morgan fingerprint density at radius 3 is 2.42 bits per heavy atom. The predicted octanol–water partition coefficient (Wildman–Crippen LogP) is 3.41. The Morgan fingerprint density at radius 1 is 0.958 bits per heavy atom. The maximum absolute atomic E-state index is 13.9. The number of ether oxygens (including phenoxy) is 1. The number of aromatic nitrogens is 1. The predicted molar refractivity (Wildman–Crippen MR) is 184 cm³/mol. The second-order valence-corrected chi connectivity index (χ2v) is 15.0. The fourth-order valence-electron chi connectivity index (χ4n) is 7.60. The zero-order valence-electron chi connectivity index (χ0n) is 28.2. The van der Waals surface area contributed by atoms with Crippen LogP contribution in [0.2, 0.25) is 0 Å². The van der Waals surface area contributed by atoms with Crippen molar-refractivity contribution < 1.29 is 23.9 Å². The van der Waals surface area contributed by atoms with Gasteiger partial charge in [-0.05, 0) is 70.4 Å². The van der Waals surface area contributed by atoms with Gasteiger partial charge >= 0.3 is 0 Å². The second kappa shape index (κ2) is 16.3. The lowest BCUT2D eigenvalue weighted by molar-refractivity contribution is -0.141. The number of amides is 4. The number of nitrogens with one attached hydrogen (secondary N) is 2. The summed E-state index contributed by atoms with van der Waals surface area (Å²) in [6.45, 7) is 4.80. The van der Waals surface area contributed by atoms with Crippen molar-refractivity contribution in [2.24, 2.45) is 0 Å². The van der Waals surface area contributed by atoms with E-state index in [1.54, 1.807) is 21.1 Å². The summed E-state index contributed by atoms with van der Waals surface area (Å²) in [5, 5.41) is 7.74. The Labute approximate surface area is 287 Å². The van der Waals surface area contributed by atoms with Crippen LogP contribution in [0.3, 0.4) is 0 Å². The molecule has 0 spiro atoms. The molecule has 0 radical (unpaired) electrons. The van der Waals surface area contributed by atoms with E-state index in [1.807, 2.05) is 42.2 Å². The smallest absolute Gasteiger partial charge is 0.260 e. The Morgan fingerprint density at radius 2 is 1.69 bits per heavy atom. The molecule has 1 atom stereocenters. The molecule has 260 valence electrons. The van der Waals surface area contributed by atoms with Gasteiger partial charge in [0.15, 0.2) is 6.61 Å². The zero-order chi connectivity index (χ0) is 33.5. The number of nitrogens with zero attached hydrogens (tertiary/aromatic N) is 4. The monoisotopic (exact) mass is 678 g/mol. The van der Waals surface area contributed by atoms with E-state index in [0.717, 1.165) is 41.3 Å². The van der Waals surface area contributed by atoms with E-state index < -0.39 is 0 Å². The van der Waals surface area contributed by atoms with Gasteiger partial charge in [-0.1, -0.05) is 31.0 Å². The van der Waals surface area contributed by atoms with E-state index >= 15 is 0 Å². The van der Waals surface area contributed by atoms with Crippen molar-refractivity contribution in [2.45, 2.75) is 102 Å². The molecule has 1 aromatic carbocycles. The number of para-hydroxylation sites is 1. The molecule has 7 rings (SSSR count). The van der Waals surface area contributed by atoms with Gasteiger partial charge in [0, 0.05) is 55.6 Å². The van der Waals surface area contributed by atoms with Gasteiger partial charge in [-0.25, -0.2) is 4.98 Å². The van der Waals surface area contributed by atoms with Crippen LogP contribution in [-0.2, 0) is 25.6 Å². The highest BCUT2D eigenvalue weighted by molar-refractivity contribution is 7.11. The highest BCUT2D eigenvalue weighted by atomic mass is 32.1. The maximum Gasteiger partial charge on any atom is 0.260 e. The molecular formula is C36H50N6O5S. The number of carbonyl (C=O) groups is 4. The van der Waals surface area contributed by atoms with Crippen molar-refractivity contribution in [1.82, 2.24) is 30.3 Å². The molecular weight excluding hydrogens is 629 g/mol. The average Bonchev–Trinajstić information content (AvgIpc) is 3.76. The number of fused-ring (bicyclic) bond motifs is 12. The minimum absolute atomic E-state index is 0.0349. The van der Waals surface area contributed by atoms with Crippen molar-refractivity contribution in [3.8, 4) is 5.75 Å². The van der Waals surface area contributed by atoms with Crippen molar-refractivity contribution in [1.29, 1.82) is 0 Å².